The summed E-state index contributed by atoms with van der Waals surface area (Å²) >= 11 is 8.59. The molecule has 0 fully saturated rings. The molecule has 0 spiro atoms. The molecule has 2 heterocycles. The summed E-state index contributed by atoms with van der Waals surface area (Å²) in [5.74, 6) is -0.193. The summed E-state index contributed by atoms with van der Waals surface area (Å²) in [6, 6.07) is 10.9. The van der Waals surface area contributed by atoms with Crippen LogP contribution in [0.1, 0.15) is 15.4 Å². The molecule has 0 aliphatic heterocycles. The average Bonchev–Trinajstić information content (AvgIpc) is 3.30. The Morgan fingerprint density at radius 2 is 1.93 bits per heavy atom. The largest absolute Gasteiger partial charge is 0.495 e. The van der Waals surface area contributed by atoms with Gasteiger partial charge in [-0.25, -0.2) is 4.98 Å². The lowest BCUT2D eigenvalue weighted by molar-refractivity contribution is -0.120. The Kier molecular flexibility index (Phi) is 6.50. The van der Waals surface area contributed by atoms with Crippen molar-refractivity contribution in [3.05, 3.63) is 51.3 Å². The van der Waals surface area contributed by atoms with Gasteiger partial charge in [-0.15, -0.1) is 22.7 Å². The van der Waals surface area contributed by atoms with Gasteiger partial charge in [-0.2, -0.15) is 0 Å². The van der Waals surface area contributed by atoms with Crippen molar-refractivity contribution in [1.82, 2.24) is 15.8 Å². The molecular weight excluding hydrogens is 420 g/mol. The molecule has 7 nitrogen and oxygen atoms in total. The number of aryl methyl sites for hydroxylation is 1. The van der Waals surface area contributed by atoms with Gasteiger partial charge in [0.15, 0.2) is 0 Å². The second kappa shape index (κ2) is 9.05. The number of hydrazine groups is 1. The third-order valence-corrected chi connectivity index (χ3v) is 6.21. The number of hydrogen-bond donors (Lipinski definition) is 3. The van der Waals surface area contributed by atoms with E-state index in [2.05, 4.69) is 21.2 Å². The number of aromatic nitrogens is 1. The molecule has 2 aromatic heterocycles. The molecule has 0 aliphatic rings. The van der Waals surface area contributed by atoms with E-state index in [0.29, 0.717) is 31.4 Å². The van der Waals surface area contributed by atoms with Gasteiger partial charge < -0.3 is 10.1 Å². The molecule has 0 saturated carbocycles. The zero-order valence-electron chi connectivity index (χ0n) is 15.0. The summed E-state index contributed by atoms with van der Waals surface area (Å²) in [5, 5.41) is 3.67. The second-order valence-corrected chi connectivity index (χ2v) is 8.31. The van der Waals surface area contributed by atoms with Crippen molar-refractivity contribution in [3.8, 4) is 15.6 Å². The van der Waals surface area contributed by atoms with Crippen LogP contribution in [0.4, 0.5) is 5.69 Å². The van der Waals surface area contributed by atoms with E-state index in [4.69, 9.17) is 16.3 Å². The number of carbonyl (C=O) groups excluding carboxylic acids is 2. The van der Waals surface area contributed by atoms with E-state index in [1.807, 2.05) is 18.2 Å². The van der Waals surface area contributed by atoms with Crippen LogP contribution in [0.15, 0.2) is 36.4 Å². The van der Waals surface area contributed by atoms with Crippen LogP contribution < -0.4 is 20.9 Å². The van der Waals surface area contributed by atoms with Crippen molar-refractivity contribution in [2.45, 2.75) is 6.92 Å². The molecular formula is C18H17ClN4O3S2. The maximum atomic E-state index is 12.4. The van der Waals surface area contributed by atoms with Crippen LogP contribution in [-0.4, -0.2) is 30.5 Å². The fourth-order valence-electron chi connectivity index (χ4n) is 2.34. The Hall–Kier alpha value is -2.62. The SMILES string of the molecule is COc1ccccc1NCC(=O)NNC(=O)c1sc(-c2ccc(Cl)s2)nc1C. The number of rotatable bonds is 6. The predicted octanol–water partition coefficient (Wildman–Crippen LogP) is 3.72. The van der Waals surface area contributed by atoms with E-state index in [1.165, 1.54) is 22.7 Å². The third-order valence-electron chi connectivity index (χ3n) is 3.65. The minimum atomic E-state index is -0.422. The van der Waals surface area contributed by atoms with Crippen molar-refractivity contribution < 1.29 is 14.3 Å². The van der Waals surface area contributed by atoms with E-state index in [1.54, 1.807) is 32.2 Å². The fraction of sp³-hybridized carbons (Fsp3) is 0.167. The number of thiophene rings is 1. The maximum Gasteiger partial charge on any atom is 0.281 e. The van der Waals surface area contributed by atoms with Gasteiger partial charge in [-0.3, -0.25) is 20.4 Å². The summed E-state index contributed by atoms with van der Waals surface area (Å²) < 4.78 is 5.87. The zero-order chi connectivity index (χ0) is 20.1. The molecule has 3 N–H and O–H groups in total. The highest BCUT2D eigenvalue weighted by Gasteiger charge is 2.17. The first-order valence-corrected chi connectivity index (χ1v) is 10.2. The van der Waals surface area contributed by atoms with E-state index in [9.17, 15) is 9.59 Å². The van der Waals surface area contributed by atoms with Gasteiger partial charge in [-0.1, -0.05) is 23.7 Å². The lowest BCUT2D eigenvalue weighted by atomic mass is 10.3. The smallest absolute Gasteiger partial charge is 0.281 e. The summed E-state index contributed by atoms with van der Waals surface area (Å²) in [6.07, 6.45) is 0. The van der Waals surface area contributed by atoms with Crippen LogP contribution in [0.2, 0.25) is 4.34 Å². The Balaban J connectivity index is 1.55. The Bertz CT molecular complexity index is 1000. The number of thiazole rings is 1. The molecule has 28 heavy (non-hydrogen) atoms. The maximum absolute atomic E-state index is 12.4. The van der Waals surface area contributed by atoms with Gasteiger partial charge in [-0.05, 0) is 31.2 Å². The van der Waals surface area contributed by atoms with Crippen LogP contribution in [-0.2, 0) is 4.79 Å². The van der Waals surface area contributed by atoms with Crippen LogP contribution in [0.3, 0.4) is 0 Å². The van der Waals surface area contributed by atoms with Gasteiger partial charge >= 0.3 is 0 Å². The highest BCUT2D eigenvalue weighted by Crippen LogP contribution is 2.34. The molecule has 3 rings (SSSR count). The summed E-state index contributed by atoms with van der Waals surface area (Å²) in [7, 11) is 1.55. The molecule has 0 radical (unpaired) electrons. The highest BCUT2D eigenvalue weighted by molar-refractivity contribution is 7.24. The number of carbonyl (C=O) groups is 2. The number of nitrogens with one attached hydrogen (secondary N) is 3. The third kappa shape index (κ3) is 4.80. The van der Waals surface area contributed by atoms with Crippen LogP contribution in [0, 0.1) is 6.92 Å². The van der Waals surface area contributed by atoms with Crippen molar-refractivity contribution in [1.29, 1.82) is 0 Å². The zero-order valence-corrected chi connectivity index (χ0v) is 17.4. The molecule has 0 bridgehead atoms. The minimum Gasteiger partial charge on any atom is -0.495 e. The number of para-hydroxylation sites is 2. The average molecular weight is 437 g/mol. The molecule has 0 aliphatic carbocycles. The van der Waals surface area contributed by atoms with Gasteiger partial charge in [0.1, 0.15) is 15.6 Å². The number of nitrogens with zero attached hydrogens (tertiary/aromatic N) is 1. The molecule has 0 unspecified atom stereocenters. The van der Waals surface area contributed by atoms with Crippen molar-refractivity contribution in [3.63, 3.8) is 0 Å². The van der Waals surface area contributed by atoms with Crippen molar-refractivity contribution in [2.75, 3.05) is 19.0 Å². The van der Waals surface area contributed by atoms with Crippen molar-refractivity contribution >= 4 is 51.8 Å². The van der Waals surface area contributed by atoms with E-state index >= 15 is 0 Å². The van der Waals surface area contributed by atoms with Gasteiger partial charge in [0, 0.05) is 0 Å². The standard InChI is InChI=1S/C18H17ClN4O3S2/c1-10-16(28-18(21-10)13-7-8-14(19)27-13)17(25)23-22-15(24)9-20-11-5-3-4-6-12(11)26-2/h3-8,20H,9H2,1-2H3,(H,22,24)(H,23,25). The molecule has 146 valence electrons. The Morgan fingerprint density at radius 1 is 1.14 bits per heavy atom. The topological polar surface area (TPSA) is 92.4 Å². The first-order chi connectivity index (χ1) is 13.5. The molecule has 3 aromatic rings. The van der Waals surface area contributed by atoms with Crippen LogP contribution >= 0.6 is 34.3 Å². The highest BCUT2D eigenvalue weighted by atomic mass is 35.5. The van der Waals surface area contributed by atoms with E-state index < -0.39 is 11.8 Å². The Morgan fingerprint density at radius 3 is 2.64 bits per heavy atom. The first-order valence-electron chi connectivity index (χ1n) is 8.17. The monoisotopic (exact) mass is 436 g/mol. The minimum absolute atomic E-state index is 0.0265. The van der Waals surface area contributed by atoms with Crippen LogP contribution in [0.5, 0.6) is 5.75 Å². The van der Waals surface area contributed by atoms with Gasteiger partial charge in [0.25, 0.3) is 11.8 Å². The number of ether oxygens (including phenoxy) is 1. The lowest BCUT2D eigenvalue weighted by Crippen LogP contribution is -2.44. The van der Waals surface area contributed by atoms with Crippen molar-refractivity contribution in [2.24, 2.45) is 0 Å². The first kappa shape index (κ1) is 20.1. The number of anilines is 1. The van der Waals surface area contributed by atoms with Gasteiger partial charge in [0.05, 0.1) is 34.2 Å². The number of benzene rings is 1. The summed E-state index contributed by atoms with van der Waals surface area (Å²) in [4.78, 5) is 30.1. The molecule has 0 atom stereocenters. The fourth-order valence-corrected chi connectivity index (χ4v) is 4.39. The number of amides is 2. The number of halogens is 1. The number of methoxy groups -OCH3 is 1. The lowest BCUT2D eigenvalue weighted by Gasteiger charge is -2.11. The second-order valence-electron chi connectivity index (χ2n) is 5.59. The molecule has 10 heteroatoms. The normalized spacial score (nSPS) is 10.4. The van der Waals surface area contributed by atoms with Crippen LogP contribution in [0.25, 0.3) is 9.88 Å². The quantitative estimate of drug-likeness (QED) is 0.512. The Labute approximate surface area is 174 Å². The summed E-state index contributed by atoms with van der Waals surface area (Å²) in [5.41, 5.74) is 6.07. The predicted molar refractivity (Wildman–Crippen MR) is 112 cm³/mol. The molecule has 0 saturated heterocycles. The van der Waals surface area contributed by atoms with E-state index in [-0.39, 0.29) is 6.54 Å². The molecule has 1 aromatic carbocycles. The summed E-state index contributed by atoms with van der Waals surface area (Å²) in [6.45, 7) is 1.72. The van der Waals surface area contributed by atoms with Gasteiger partial charge in [0.2, 0.25) is 0 Å². The number of hydrogen-bond acceptors (Lipinski definition) is 7. The van der Waals surface area contributed by atoms with E-state index in [0.717, 1.165) is 4.88 Å². The molecule has 2 amide bonds.